The molecule has 4 heterocycles. The summed E-state index contributed by atoms with van der Waals surface area (Å²) in [5.41, 5.74) is 36.3. The Balaban J connectivity index is 1.09. The molecule has 2 aliphatic heterocycles. The Morgan fingerprint density at radius 3 is 0.776 bits per heavy atom. The van der Waals surface area contributed by atoms with E-state index in [1.54, 1.807) is 0 Å². The number of fused-ring (bicyclic) bond motifs is 10. The number of para-hydroxylation sites is 4. The molecule has 2 aliphatic rings. The van der Waals surface area contributed by atoms with Gasteiger partial charge in [-0.1, -0.05) is 327 Å². The molecule has 13 aromatic carbocycles. The number of anilines is 6. The van der Waals surface area contributed by atoms with Crippen LogP contribution in [0, 0.1) is 27.1 Å². The fourth-order valence-electron chi connectivity index (χ4n) is 19.2. The summed E-state index contributed by atoms with van der Waals surface area (Å²) in [6.07, 6.45) is 4.57. The lowest BCUT2D eigenvalue weighted by molar-refractivity contribution is 0.411. The van der Waals surface area contributed by atoms with Crippen LogP contribution in [0.2, 0.25) is 0 Å². The minimum Gasteiger partial charge on any atom is -0.310 e. The van der Waals surface area contributed by atoms with E-state index in [1.807, 2.05) is 0 Å². The van der Waals surface area contributed by atoms with Gasteiger partial charge in [0, 0.05) is 77.9 Å². The molecule has 4 nitrogen and oxygen atoms in total. The number of rotatable bonds is 13. The summed E-state index contributed by atoms with van der Waals surface area (Å²) in [6.45, 7) is 50.0. The van der Waals surface area contributed by atoms with Gasteiger partial charge in [0.1, 0.15) is 0 Å². The third-order valence-electron chi connectivity index (χ3n) is 23.8. The maximum atomic E-state index is 2.82. The van der Waals surface area contributed by atoms with Crippen molar-refractivity contribution in [3.8, 4) is 55.9 Å². The maximum absolute atomic E-state index is 2.82. The third-order valence-corrected chi connectivity index (χ3v) is 23.8. The first-order chi connectivity index (χ1) is 54.8. The minimum atomic E-state index is -0.252. The number of aromatic nitrogens is 2. The Kier molecular flexibility index (Phi) is 19.1. The molecule has 0 atom stereocenters. The smallest absolute Gasteiger partial charge is 0.252 e. The Bertz CT molecular complexity index is 5730. The van der Waals surface area contributed by atoms with Crippen LogP contribution in [0.3, 0.4) is 0 Å². The standard InChI is InChI=1S/C111H117BN4/c1-105(2,3)66-71-34-30-38-76(54-71)88-60-80(110(16,17)18)61-89(77-39-31-35-72(55-77)67-106(4,5)6)103(88)115-98-64-82(113-94-46-26-22-42-84(94)85-43-23-27-47-95(85)113)50-52-92(98)112-93-53-51-83(114-96-48-28-24-44-86(96)87-45-25-29-49-97(87)114)65-99(93)116(101-59-75(70-109(13,14)15)58-100(115)102(101)112)104-90(78-40-32-36-73(56-78)68-107(7,8)9)62-81(111(19,20)21)63-91(104)79-41-33-37-74(57-79)69-108(10,11)12/h22-65H,66-70H2,1-21H3. The average Bonchev–Trinajstić information content (AvgIpc) is 0.739. The first kappa shape index (κ1) is 77.7. The summed E-state index contributed by atoms with van der Waals surface area (Å²) in [5, 5.41) is 4.96. The van der Waals surface area contributed by atoms with Gasteiger partial charge in [-0.05, 0) is 233 Å². The molecule has 17 rings (SSSR count). The second kappa shape index (κ2) is 28.5. The lowest BCUT2D eigenvalue weighted by Gasteiger charge is -2.46. The molecule has 0 N–H and O–H groups in total. The van der Waals surface area contributed by atoms with Gasteiger partial charge in [-0.3, -0.25) is 0 Å². The highest BCUT2D eigenvalue weighted by molar-refractivity contribution is 7.00. The van der Waals surface area contributed by atoms with Gasteiger partial charge in [-0.25, -0.2) is 0 Å². The largest absolute Gasteiger partial charge is 0.310 e. The summed E-state index contributed by atoms with van der Waals surface area (Å²) in [6, 6.07) is 106. The molecule has 0 bridgehead atoms. The number of benzene rings is 13. The van der Waals surface area contributed by atoms with Crippen molar-refractivity contribution in [2.24, 2.45) is 27.1 Å². The van der Waals surface area contributed by atoms with Gasteiger partial charge >= 0.3 is 0 Å². The molecule has 584 valence electrons. The molecule has 0 amide bonds. The van der Waals surface area contributed by atoms with Crippen molar-refractivity contribution in [3.05, 3.63) is 306 Å². The van der Waals surface area contributed by atoms with Gasteiger partial charge in [-0.15, -0.1) is 0 Å². The van der Waals surface area contributed by atoms with Crippen LogP contribution in [-0.2, 0) is 42.9 Å². The zero-order valence-corrected chi connectivity index (χ0v) is 72.8. The summed E-state index contributed by atoms with van der Waals surface area (Å²) >= 11 is 0. The van der Waals surface area contributed by atoms with E-state index in [0.29, 0.717) is 0 Å². The maximum Gasteiger partial charge on any atom is 0.252 e. The molecule has 0 fully saturated rings. The lowest BCUT2D eigenvalue weighted by Crippen LogP contribution is -2.61. The van der Waals surface area contributed by atoms with E-state index >= 15 is 0 Å². The fraction of sp³-hybridized carbons (Fsp3) is 0.297. The van der Waals surface area contributed by atoms with E-state index < -0.39 is 0 Å². The van der Waals surface area contributed by atoms with Gasteiger partial charge in [0.2, 0.25) is 0 Å². The molecule has 0 saturated heterocycles. The van der Waals surface area contributed by atoms with Crippen LogP contribution in [0.1, 0.15) is 184 Å². The molecular weight excluding hydrogens is 1400 g/mol. The SMILES string of the molecule is CC(C)(C)Cc1cccc(-c2cc(C(C)(C)C)cc(-c3cccc(CC(C)(C)C)c3)c2N2c3cc(-n4c5ccccc5c5ccccc54)ccc3B3c4ccc(-n5c6ccccc6c6ccccc65)cc4N(c4c(-c5cccc(CC(C)(C)C)c5)cc(C(C)(C)C)cc4-c4cccc(CC(C)(C)C)c4)c4cc(CC(C)(C)C)cc2c43)c1. The average molecular weight is 1520 g/mol. The summed E-state index contributed by atoms with van der Waals surface area (Å²) < 4.78 is 5.09. The highest BCUT2D eigenvalue weighted by Crippen LogP contribution is 2.56. The normalized spacial score (nSPS) is 13.5. The van der Waals surface area contributed by atoms with Crippen molar-refractivity contribution >= 4 is 101 Å². The molecule has 0 spiro atoms. The molecule has 116 heavy (non-hydrogen) atoms. The van der Waals surface area contributed by atoms with Crippen molar-refractivity contribution in [2.75, 3.05) is 9.80 Å². The lowest BCUT2D eigenvalue weighted by atomic mass is 9.33. The quantitative estimate of drug-likeness (QED) is 0.107. The molecular formula is C111H117BN4. The van der Waals surface area contributed by atoms with Crippen LogP contribution in [0.5, 0.6) is 0 Å². The topological polar surface area (TPSA) is 16.3 Å². The van der Waals surface area contributed by atoms with Gasteiger partial charge in [-0.2, -0.15) is 0 Å². The van der Waals surface area contributed by atoms with Gasteiger partial charge in [0.25, 0.3) is 6.71 Å². The predicted octanol–water partition coefficient (Wildman–Crippen LogP) is 29.2. The van der Waals surface area contributed by atoms with E-state index in [1.165, 1.54) is 166 Å². The predicted molar refractivity (Wildman–Crippen MR) is 504 cm³/mol. The van der Waals surface area contributed by atoms with Crippen molar-refractivity contribution < 1.29 is 0 Å². The van der Waals surface area contributed by atoms with Crippen LogP contribution in [0.4, 0.5) is 34.1 Å². The van der Waals surface area contributed by atoms with Crippen LogP contribution in [0.25, 0.3) is 99.5 Å². The molecule has 15 aromatic rings. The second-order valence-corrected chi connectivity index (χ2v) is 42.2. The number of hydrogen-bond donors (Lipinski definition) is 0. The van der Waals surface area contributed by atoms with Crippen LogP contribution >= 0.6 is 0 Å². The van der Waals surface area contributed by atoms with Crippen molar-refractivity contribution in [1.82, 2.24) is 9.13 Å². The van der Waals surface area contributed by atoms with E-state index in [4.69, 9.17) is 0 Å². The van der Waals surface area contributed by atoms with Crippen LogP contribution in [-0.4, -0.2) is 15.8 Å². The molecule has 0 saturated carbocycles. The number of hydrogen-bond acceptors (Lipinski definition) is 2. The zero-order chi connectivity index (χ0) is 81.7. The highest BCUT2D eigenvalue weighted by Gasteiger charge is 2.47. The van der Waals surface area contributed by atoms with Crippen molar-refractivity contribution in [2.45, 2.75) is 188 Å². The van der Waals surface area contributed by atoms with E-state index in [2.05, 4.69) is 431 Å². The zero-order valence-electron chi connectivity index (χ0n) is 72.8. The first-order valence-electron chi connectivity index (χ1n) is 42.6. The monoisotopic (exact) mass is 1520 g/mol. The van der Waals surface area contributed by atoms with E-state index in [9.17, 15) is 0 Å². The van der Waals surface area contributed by atoms with Crippen molar-refractivity contribution in [1.29, 1.82) is 0 Å². The van der Waals surface area contributed by atoms with Crippen LogP contribution in [0.15, 0.2) is 267 Å². The molecule has 0 aliphatic carbocycles. The molecule has 0 radical (unpaired) electrons. The Labute approximate surface area is 692 Å². The Morgan fingerprint density at radius 1 is 0.241 bits per heavy atom. The molecule has 5 heteroatoms. The molecule has 2 aromatic heterocycles. The van der Waals surface area contributed by atoms with Gasteiger partial charge < -0.3 is 18.9 Å². The highest BCUT2D eigenvalue weighted by atomic mass is 15.2. The Hall–Kier alpha value is -10.9. The summed E-state index contributed by atoms with van der Waals surface area (Å²) in [4.78, 5) is 5.65. The van der Waals surface area contributed by atoms with E-state index in [-0.39, 0.29) is 44.6 Å². The van der Waals surface area contributed by atoms with E-state index in [0.717, 1.165) is 54.9 Å². The minimum absolute atomic E-state index is 0.0492. The van der Waals surface area contributed by atoms with Crippen LogP contribution < -0.4 is 26.2 Å². The fourth-order valence-corrected chi connectivity index (χ4v) is 19.2. The summed E-state index contributed by atoms with van der Waals surface area (Å²) in [5.74, 6) is 0. The van der Waals surface area contributed by atoms with Crippen molar-refractivity contribution in [3.63, 3.8) is 0 Å². The third kappa shape index (κ3) is 15.0. The second-order valence-electron chi connectivity index (χ2n) is 42.2. The molecule has 0 unspecified atom stereocenters. The van der Waals surface area contributed by atoms with Gasteiger partial charge in [0.05, 0.1) is 33.4 Å². The first-order valence-corrected chi connectivity index (χ1v) is 42.6. The number of nitrogens with zero attached hydrogens (tertiary/aromatic N) is 4. The summed E-state index contributed by atoms with van der Waals surface area (Å²) in [7, 11) is 0. The Morgan fingerprint density at radius 2 is 0.509 bits per heavy atom. The van der Waals surface area contributed by atoms with Gasteiger partial charge in [0.15, 0.2) is 0 Å².